The Bertz CT molecular complexity index is 844. The van der Waals surface area contributed by atoms with Crippen LogP contribution in [0, 0.1) is 17.7 Å². The fourth-order valence-electron chi connectivity index (χ4n) is 4.32. The van der Waals surface area contributed by atoms with Gasteiger partial charge >= 0.3 is 5.97 Å². The minimum absolute atomic E-state index is 0.0420. The first-order valence-corrected chi connectivity index (χ1v) is 10.3. The number of aromatic carboxylic acids is 1. The summed E-state index contributed by atoms with van der Waals surface area (Å²) in [5.74, 6) is -0.940. The van der Waals surface area contributed by atoms with Gasteiger partial charge in [-0.05, 0) is 43.2 Å². The highest BCUT2D eigenvalue weighted by Gasteiger charge is 2.46. The number of benzene rings is 1. The molecule has 2 heterocycles. The van der Waals surface area contributed by atoms with Gasteiger partial charge < -0.3 is 19.7 Å². The lowest BCUT2D eigenvalue weighted by molar-refractivity contribution is -0.0799. The van der Waals surface area contributed by atoms with E-state index in [-0.39, 0.29) is 41.3 Å². The van der Waals surface area contributed by atoms with Crippen molar-refractivity contribution >= 4 is 17.3 Å². The summed E-state index contributed by atoms with van der Waals surface area (Å²) in [5.41, 5.74) is 0.0420. The quantitative estimate of drug-likeness (QED) is 0.760. The molecule has 1 aromatic heterocycles. The monoisotopic (exact) mass is 407 g/mol. The zero-order chi connectivity index (χ0) is 19.7. The van der Waals surface area contributed by atoms with Gasteiger partial charge in [0, 0.05) is 11.8 Å². The molecule has 0 bridgehead atoms. The van der Waals surface area contributed by atoms with Gasteiger partial charge in [0.25, 0.3) is 0 Å². The van der Waals surface area contributed by atoms with E-state index in [1.807, 2.05) is 0 Å². The number of rotatable bonds is 6. The lowest BCUT2D eigenvalue weighted by Gasteiger charge is -2.34. The molecule has 1 saturated heterocycles. The van der Waals surface area contributed by atoms with Gasteiger partial charge in [-0.3, -0.25) is 0 Å². The first kappa shape index (κ1) is 19.3. The number of ether oxygens (including phenoxy) is 2. The molecule has 150 valence electrons. The Labute approximate surface area is 165 Å². The van der Waals surface area contributed by atoms with E-state index in [0.717, 1.165) is 12.8 Å². The average Bonchev–Trinajstić information content (AvgIpc) is 3.28. The maximum Gasteiger partial charge on any atom is 0.355 e. The summed E-state index contributed by atoms with van der Waals surface area (Å²) in [4.78, 5) is 15.2. The second-order valence-electron chi connectivity index (χ2n) is 7.31. The molecule has 2 aromatic rings. The number of nitrogens with zero attached hydrogens (tertiary/aromatic N) is 1. The van der Waals surface area contributed by atoms with Crippen LogP contribution in [-0.4, -0.2) is 40.0 Å². The number of carboxylic acid groups (broad SMARTS) is 1. The maximum absolute atomic E-state index is 13.7. The third kappa shape index (κ3) is 3.90. The highest BCUT2D eigenvalue weighted by molar-refractivity contribution is 7.09. The van der Waals surface area contributed by atoms with Crippen LogP contribution in [0.2, 0.25) is 0 Å². The standard InChI is InChI=1S/C20H22FNO5S/c21-13-3-1-2-4-16(13)26-8-7-11-12-5-6-17(27-18(12)9-15(11)23)19-22-14(10-28-19)20(24)25/h1-4,10-12,15,17-18,23H,5-9H2,(H,24,25)/t11-,12-,15-,17-,18+/m1/s1. The highest BCUT2D eigenvalue weighted by Crippen LogP contribution is 2.47. The molecule has 2 N–H and O–H groups in total. The molecule has 0 spiro atoms. The first-order chi connectivity index (χ1) is 13.5. The Balaban J connectivity index is 1.34. The smallest absolute Gasteiger partial charge is 0.355 e. The molecule has 1 aliphatic heterocycles. The van der Waals surface area contributed by atoms with Gasteiger partial charge in [0.15, 0.2) is 17.3 Å². The zero-order valence-electron chi connectivity index (χ0n) is 15.2. The molecule has 0 unspecified atom stereocenters. The molecule has 8 heteroatoms. The van der Waals surface area contributed by atoms with Crippen LogP contribution in [0.3, 0.4) is 0 Å². The Morgan fingerprint density at radius 2 is 2.18 bits per heavy atom. The number of aliphatic hydroxyl groups is 1. The number of aromatic nitrogens is 1. The summed E-state index contributed by atoms with van der Waals surface area (Å²) in [6.45, 7) is 0.337. The third-order valence-electron chi connectivity index (χ3n) is 5.66. The summed E-state index contributed by atoms with van der Waals surface area (Å²) >= 11 is 1.30. The summed E-state index contributed by atoms with van der Waals surface area (Å²) in [5, 5.41) is 21.7. The number of thiazole rings is 1. The van der Waals surface area contributed by atoms with Gasteiger partial charge in [-0.15, -0.1) is 11.3 Å². The molecule has 1 aliphatic carbocycles. The van der Waals surface area contributed by atoms with Gasteiger partial charge in [0.1, 0.15) is 11.1 Å². The molecule has 2 fully saturated rings. The number of hydrogen-bond acceptors (Lipinski definition) is 6. The van der Waals surface area contributed by atoms with Crippen molar-refractivity contribution in [2.45, 2.75) is 44.0 Å². The number of fused-ring (bicyclic) bond motifs is 1. The van der Waals surface area contributed by atoms with Crippen LogP contribution in [0.4, 0.5) is 4.39 Å². The van der Waals surface area contributed by atoms with Gasteiger partial charge in [-0.25, -0.2) is 14.2 Å². The topological polar surface area (TPSA) is 88.9 Å². The van der Waals surface area contributed by atoms with Crippen molar-refractivity contribution in [3.63, 3.8) is 0 Å². The van der Waals surface area contributed by atoms with E-state index in [1.165, 1.54) is 22.8 Å². The summed E-state index contributed by atoms with van der Waals surface area (Å²) in [7, 11) is 0. The van der Waals surface area contributed by atoms with Crippen LogP contribution >= 0.6 is 11.3 Å². The Hall–Kier alpha value is -2.03. The lowest BCUT2D eigenvalue weighted by atomic mass is 9.85. The predicted molar refractivity (Wildman–Crippen MR) is 100 cm³/mol. The number of carboxylic acids is 1. The Morgan fingerprint density at radius 1 is 1.36 bits per heavy atom. The highest BCUT2D eigenvalue weighted by atomic mass is 32.1. The normalized spacial score (nSPS) is 29.4. The predicted octanol–water partition coefficient (Wildman–Crippen LogP) is 3.67. The molecule has 0 radical (unpaired) electrons. The van der Waals surface area contributed by atoms with E-state index in [2.05, 4.69) is 4.98 Å². The van der Waals surface area contributed by atoms with E-state index in [1.54, 1.807) is 18.2 Å². The molecule has 1 aromatic carbocycles. The molecule has 6 nitrogen and oxygen atoms in total. The number of aliphatic hydroxyl groups excluding tert-OH is 1. The van der Waals surface area contributed by atoms with Crippen molar-refractivity contribution in [2.24, 2.45) is 11.8 Å². The molecule has 1 saturated carbocycles. The van der Waals surface area contributed by atoms with Crippen LogP contribution in [0.25, 0.3) is 0 Å². The van der Waals surface area contributed by atoms with Crippen LogP contribution < -0.4 is 4.74 Å². The van der Waals surface area contributed by atoms with Crippen LogP contribution in [0.1, 0.15) is 47.3 Å². The van der Waals surface area contributed by atoms with E-state index < -0.39 is 12.1 Å². The van der Waals surface area contributed by atoms with Crippen molar-refractivity contribution in [1.29, 1.82) is 0 Å². The number of para-hydroxylation sites is 1. The minimum Gasteiger partial charge on any atom is -0.491 e. The number of halogens is 1. The number of carbonyl (C=O) groups is 1. The van der Waals surface area contributed by atoms with Crippen molar-refractivity contribution < 1.29 is 28.9 Å². The fourth-order valence-corrected chi connectivity index (χ4v) is 5.18. The van der Waals surface area contributed by atoms with Crippen molar-refractivity contribution in [2.75, 3.05) is 6.61 Å². The second kappa shape index (κ2) is 8.14. The molecule has 4 rings (SSSR count). The van der Waals surface area contributed by atoms with Crippen molar-refractivity contribution in [1.82, 2.24) is 4.98 Å². The summed E-state index contributed by atoms with van der Waals surface area (Å²) in [6.07, 6.45) is 2.01. The maximum atomic E-state index is 13.7. The molecule has 5 atom stereocenters. The molecule has 28 heavy (non-hydrogen) atoms. The largest absolute Gasteiger partial charge is 0.491 e. The van der Waals surface area contributed by atoms with E-state index in [0.29, 0.717) is 24.5 Å². The van der Waals surface area contributed by atoms with Crippen molar-refractivity contribution in [3.05, 3.63) is 46.2 Å². The fraction of sp³-hybridized carbons (Fsp3) is 0.500. The van der Waals surface area contributed by atoms with E-state index in [9.17, 15) is 14.3 Å². The molecular formula is C20H22FNO5S. The first-order valence-electron chi connectivity index (χ1n) is 9.42. The Morgan fingerprint density at radius 3 is 2.93 bits per heavy atom. The minimum atomic E-state index is -1.04. The van der Waals surface area contributed by atoms with Crippen LogP contribution in [0.15, 0.2) is 29.6 Å². The van der Waals surface area contributed by atoms with Gasteiger partial charge in [-0.2, -0.15) is 0 Å². The van der Waals surface area contributed by atoms with Crippen molar-refractivity contribution in [3.8, 4) is 5.75 Å². The van der Waals surface area contributed by atoms with Gasteiger partial charge in [-0.1, -0.05) is 12.1 Å². The van der Waals surface area contributed by atoms with E-state index >= 15 is 0 Å². The number of hydrogen-bond donors (Lipinski definition) is 2. The van der Waals surface area contributed by atoms with Gasteiger partial charge in [0.05, 0.1) is 18.8 Å². The summed E-state index contributed by atoms with van der Waals surface area (Å²) < 4.78 is 25.4. The lowest BCUT2D eigenvalue weighted by Crippen LogP contribution is -2.31. The van der Waals surface area contributed by atoms with Crippen LogP contribution in [-0.2, 0) is 4.74 Å². The molecular weight excluding hydrogens is 385 g/mol. The second-order valence-corrected chi connectivity index (χ2v) is 8.20. The molecule has 0 amide bonds. The molecule has 2 aliphatic rings. The zero-order valence-corrected chi connectivity index (χ0v) is 16.0. The van der Waals surface area contributed by atoms with Crippen LogP contribution in [0.5, 0.6) is 5.75 Å². The Kier molecular flexibility index (Phi) is 5.61. The third-order valence-corrected chi connectivity index (χ3v) is 6.60. The van der Waals surface area contributed by atoms with E-state index in [4.69, 9.17) is 14.6 Å². The average molecular weight is 407 g/mol. The van der Waals surface area contributed by atoms with Gasteiger partial charge in [0.2, 0.25) is 0 Å². The summed E-state index contributed by atoms with van der Waals surface area (Å²) in [6, 6.07) is 6.30. The SMILES string of the molecule is O=C(O)c1csc([C@H]2CC[C@@H]3[C@@H](CCOc4ccccc4F)[C@H](O)C[C@@H]3O2)n1.